The van der Waals surface area contributed by atoms with Gasteiger partial charge >= 0.3 is 5.97 Å². The summed E-state index contributed by atoms with van der Waals surface area (Å²) in [5.41, 5.74) is 0. The number of ether oxygens (including phenoxy) is 2. The molecule has 0 aromatic heterocycles. The van der Waals surface area contributed by atoms with Crippen molar-refractivity contribution in [3.63, 3.8) is 0 Å². The van der Waals surface area contributed by atoms with Gasteiger partial charge in [0.1, 0.15) is 18.5 Å². The Balaban J connectivity index is 2.20. The average Bonchev–Trinajstić information content (AvgIpc) is 2.36. The molecular weight excluding hydrogens is 302 g/mol. The van der Waals surface area contributed by atoms with Crippen molar-refractivity contribution in [2.75, 3.05) is 26.8 Å². The van der Waals surface area contributed by atoms with Crippen molar-refractivity contribution < 1.29 is 19.4 Å². The first-order valence-electron chi connectivity index (χ1n) is 5.46. The molecule has 1 aromatic carbocycles. The van der Waals surface area contributed by atoms with Gasteiger partial charge < -0.3 is 19.9 Å². The quantitative estimate of drug-likeness (QED) is 0.733. The fraction of sp³-hybridized carbons (Fsp3) is 0.417. The molecule has 2 N–H and O–H groups in total. The van der Waals surface area contributed by atoms with E-state index in [-0.39, 0.29) is 25.7 Å². The third-order valence-corrected chi connectivity index (χ3v) is 2.61. The highest BCUT2D eigenvalue weighted by Crippen LogP contribution is 2.17. The van der Waals surface area contributed by atoms with Crippen LogP contribution in [-0.4, -0.2) is 44.0 Å². The molecule has 1 unspecified atom stereocenters. The summed E-state index contributed by atoms with van der Waals surface area (Å²) in [4.78, 5) is 10.8. The molecule has 0 amide bonds. The van der Waals surface area contributed by atoms with E-state index in [9.17, 15) is 9.90 Å². The summed E-state index contributed by atoms with van der Waals surface area (Å²) in [6, 6.07) is 7.36. The van der Waals surface area contributed by atoms with Crippen molar-refractivity contribution in [3.8, 4) is 5.75 Å². The average molecular weight is 318 g/mol. The van der Waals surface area contributed by atoms with Crippen LogP contribution in [0.5, 0.6) is 5.75 Å². The summed E-state index contributed by atoms with van der Waals surface area (Å²) >= 11 is 3.33. The molecule has 18 heavy (non-hydrogen) atoms. The van der Waals surface area contributed by atoms with E-state index < -0.39 is 6.10 Å². The number of rotatable bonds is 7. The highest BCUT2D eigenvalue weighted by Gasteiger charge is 2.06. The Morgan fingerprint density at radius 2 is 2.33 bits per heavy atom. The summed E-state index contributed by atoms with van der Waals surface area (Å²) < 4.78 is 10.8. The van der Waals surface area contributed by atoms with E-state index in [1.807, 2.05) is 18.2 Å². The first-order chi connectivity index (χ1) is 8.61. The van der Waals surface area contributed by atoms with Crippen LogP contribution in [0.2, 0.25) is 0 Å². The molecule has 0 radical (unpaired) electrons. The smallest absolute Gasteiger partial charge is 0.319 e. The minimum absolute atomic E-state index is 0.0739. The zero-order chi connectivity index (χ0) is 13.4. The van der Waals surface area contributed by atoms with Gasteiger partial charge in [0.05, 0.1) is 13.7 Å². The van der Waals surface area contributed by atoms with Crippen LogP contribution in [-0.2, 0) is 9.53 Å². The van der Waals surface area contributed by atoms with E-state index in [1.54, 1.807) is 6.07 Å². The minimum atomic E-state index is -0.686. The number of benzene rings is 1. The first-order valence-corrected chi connectivity index (χ1v) is 6.25. The van der Waals surface area contributed by atoms with E-state index in [1.165, 1.54) is 7.11 Å². The van der Waals surface area contributed by atoms with Gasteiger partial charge in [0.25, 0.3) is 0 Å². The predicted octanol–water partition coefficient (Wildman–Crippen LogP) is 0.951. The number of halogens is 1. The van der Waals surface area contributed by atoms with E-state index >= 15 is 0 Å². The van der Waals surface area contributed by atoms with Gasteiger partial charge in [0, 0.05) is 11.0 Å². The summed E-state index contributed by atoms with van der Waals surface area (Å²) in [5.74, 6) is 0.312. The van der Waals surface area contributed by atoms with Crippen molar-refractivity contribution >= 4 is 21.9 Å². The lowest BCUT2D eigenvalue weighted by molar-refractivity contribution is -0.139. The number of aliphatic hydroxyl groups is 1. The molecular formula is C12H16BrNO4. The molecule has 5 nitrogen and oxygen atoms in total. The molecule has 0 heterocycles. The molecule has 100 valence electrons. The highest BCUT2D eigenvalue weighted by molar-refractivity contribution is 9.10. The van der Waals surface area contributed by atoms with Gasteiger partial charge in [-0.25, -0.2) is 0 Å². The summed E-state index contributed by atoms with van der Waals surface area (Å²) in [5, 5.41) is 12.4. The Kier molecular flexibility index (Phi) is 6.70. The normalized spacial score (nSPS) is 11.9. The lowest BCUT2D eigenvalue weighted by atomic mass is 10.3. The number of carbonyl (C=O) groups excluding carboxylic acids is 1. The van der Waals surface area contributed by atoms with Crippen LogP contribution in [0.1, 0.15) is 0 Å². The number of hydrogen-bond donors (Lipinski definition) is 2. The van der Waals surface area contributed by atoms with Crippen LogP contribution in [0, 0.1) is 0 Å². The second kappa shape index (κ2) is 8.07. The Labute approximate surface area is 114 Å². The van der Waals surface area contributed by atoms with E-state index in [4.69, 9.17) is 4.74 Å². The minimum Gasteiger partial charge on any atom is -0.491 e. The second-order valence-corrected chi connectivity index (χ2v) is 4.54. The third-order valence-electron chi connectivity index (χ3n) is 2.12. The molecule has 0 aliphatic heterocycles. The molecule has 0 saturated heterocycles. The Bertz CT molecular complexity index is 386. The lowest BCUT2D eigenvalue weighted by Crippen LogP contribution is -2.34. The van der Waals surface area contributed by atoms with Crippen LogP contribution in [0.15, 0.2) is 28.7 Å². The van der Waals surface area contributed by atoms with Crippen molar-refractivity contribution in [2.24, 2.45) is 0 Å². The number of hydrogen-bond acceptors (Lipinski definition) is 5. The fourth-order valence-electron chi connectivity index (χ4n) is 1.22. The molecule has 0 fully saturated rings. The van der Waals surface area contributed by atoms with Crippen LogP contribution >= 0.6 is 15.9 Å². The molecule has 0 spiro atoms. The molecule has 0 aliphatic rings. The third kappa shape index (κ3) is 6.00. The van der Waals surface area contributed by atoms with Gasteiger partial charge in [0.15, 0.2) is 0 Å². The summed E-state index contributed by atoms with van der Waals surface area (Å²) in [7, 11) is 1.32. The van der Waals surface area contributed by atoms with Crippen molar-refractivity contribution in [3.05, 3.63) is 28.7 Å². The molecule has 6 heteroatoms. The number of esters is 1. The molecule has 1 rings (SSSR count). The van der Waals surface area contributed by atoms with Crippen LogP contribution in [0.3, 0.4) is 0 Å². The fourth-order valence-corrected chi connectivity index (χ4v) is 1.60. The Morgan fingerprint density at radius 3 is 3.00 bits per heavy atom. The Morgan fingerprint density at radius 1 is 1.56 bits per heavy atom. The molecule has 1 aromatic rings. The second-order valence-electron chi connectivity index (χ2n) is 3.63. The van der Waals surface area contributed by atoms with Crippen LogP contribution in [0.25, 0.3) is 0 Å². The standard InChI is InChI=1S/C12H16BrNO4/c1-17-12(16)7-14-6-10(15)8-18-11-4-2-3-9(13)5-11/h2-5,10,14-15H,6-8H2,1H3. The van der Waals surface area contributed by atoms with Gasteiger partial charge in [0.2, 0.25) is 0 Å². The summed E-state index contributed by atoms with van der Waals surface area (Å²) in [6.07, 6.45) is -0.686. The number of methoxy groups -OCH3 is 1. The van der Waals surface area contributed by atoms with E-state index in [0.29, 0.717) is 5.75 Å². The molecule has 1 atom stereocenters. The maximum atomic E-state index is 10.8. The number of aliphatic hydroxyl groups excluding tert-OH is 1. The number of nitrogens with one attached hydrogen (secondary N) is 1. The Hall–Kier alpha value is -1.11. The van der Waals surface area contributed by atoms with Gasteiger partial charge in [-0.3, -0.25) is 4.79 Å². The molecule has 0 bridgehead atoms. The maximum absolute atomic E-state index is 10.8. The van der Waals surface area contributed by atoms with Gasteiger partial charge in [-0.2, -0.15) is 0 Å². The maximum Gasteiger partial charge on any atom is 0.319 e. The lowest BCUT2D eigenvalue weighted by Gasteiger charge is -2.13. The van der Waals surface area contributed by atoms with Gasteiger partial charge in [-0.05, 0) is 18.2 Å². The van der Waals surface area contributed by atoms with Crippen molar-refractivity contribution in [1.82, 2.24) is 5.32 Å². The topological polar surface area (TPSA) is 67.8 Å². The van der Waals surface area contributed by atoms with Crippen LogP contribution in [0.4, 0.5) is 0 Å². The van der Waals surface area contributed by atoms with Crippen molar-refractivity contribution in [1.29, 1.82) is 0 Å². The predicted molar refractivity (Wildman–Crippen MR) is 70.5 cm³/mol. The van der Waals surface area contributed by atoms with E-state index in [0.717, 1.165) is 4.47 Å². The molecule has 0 saturated carbocycles. The van der Waals surface area contributed by atoms with Crippen molar-refractivity contribution in [2.45, 2.75) is 6.10 Å². The summed E-state index contributed by atoms with van der Waals surface area (Å²) in [6.45, 7) is 0.498. The zero-order valence-corrected chi connectivity index (χ0v) is 11.6. The highest BCUT2D eigenvalue weighted by atomic mass is 79.9. The SMILES string of the molecule is COC(=O)CNCC(O)COc1cccc(Br)c1. The monoisotopic (exact) mass is 317 g/mol. The van der Waals surface area contributed by atoms with E-state index in [2.05, 4.69) is 26.0 Å². The first kappa shape index (κ1) is 14.9. The van der Waals surface area contributed by atoms with Gasteiger partial charge in [-0.1, -0.05) is 22.0 Å². The largest absolute Gasteiger partial charge is 0.491 e. The van der Waals surface area contributed by atoms with Crippen LogP contribution < -0.4 is 10.1 Å². The zero-order valence-electron chi connectivity index (χ0n) is 10.1. The van der Waals surface area contributed by atoms with Gasteiger partial charge in [-0.15, -0.1) is 0 Å². The number of carbonyl (C=O) groups is 1. The molecule has 0 aliphatic carbocycles.